The van der Waals surface area contributed by atoms with Gasteiger partial charge in [-0.05, 0) is 38.0 Å². The van der Waals surface area contributed by atoms with Gasteiger partial charge < -0.3 is 14.5 Å². The first-order valence-corrected chi connectivity index (χ1v) is 8.12. The highest BCUT2D eigenvalue weighted by Gasteiger charge is 2.24. The Morgan fingerprint density at radius 3 is 2.61 bits per heavy atom. The van der Waals surface area contributed by atoms with Crippen LogP contribution in [-0.4, -0.2) is 51.3 Å². The topological polar surface area (TPSA) is 63.1 Å². The van der Waals surface area contributed by atoms with Crippen molar-refractivity contribution in [3.05, 3.63) is 29.3 Å². The number of hydrogen-bond acceptors (Lipinski definition) is 4. The van der Waals surface area contributed by atoms with Gasteiger partial charge in [-0.3, -0.25) is 10.1 Å². The first kappa shape index (κ1) is 17.3. The van der Waals surface area contributed by atoms with Crippen LogP contribution >= 0.6 is 0 Å². The third-order valence-corrected chi connectivity index (χ3v) is 4.31. The summed E-state index contributed by atoms with van der Waals surface area (Å²) in [5.41, 5.74) is 3.89. The number of nitrogens with one attached hydrogen (secondary N) is 2. The van der Waals surface area contributed by atoms with Gasteiger partial charge in [0.2, 0.25) is 0 Å². The lowest BCUT2D eigenvalue weighted by atomic mass is 10.1. The van der Waals surface area contributed by atoms with Crippen molar-refractivity contribution in [2.75, 3.05) is 44.2 Å². The molecule has 0 bridgehead atoms. The molecule has 2 amide bonds. The molecule has 1 aliphatic rings. The molecule has 0 unspecified atom stereocenters. The van der Waals surface area contributed by atoms with Crippen LogP contribution in [0.5, 0.6) is 0 Å². The van der Waals surface area contributed by atoms with Gasteiger partial charge >= 0.3 is 6.09 Å². The maximum Gasteiger partial charge on any atom is 0.414 e. The largest absolute Gasteiger partial charge is 0.450 e. The quantitative estimate of drug-likeness (QED) is 0.837. The number of rotatable bonds is 4. The lowest BCUT2D eigenvalue weighted by molar-refractivity contribution is -0.892. The molecule has 2 N–H and O–H groups in total. The van der Waals surface area contributed by atoms with Crippen LogP contribution in [0.1, 0.15) is 18.1 Å². The first-order chi connectivity index (χ1) is 11.0. The van der Waals surface area contributed by atoms with E-state index in [2.05, 4.69) is 42.3 Å². The molecule has 23 heavy (non-hydrogen) atoms. The molecule has 0 atom stereocenters. The average Bonchev–Trinajstić information content (AvgIpc) is 2.51. The van der Waals surface area contributed by atoms with Crippen LogP contribution in [-0.2, 0) is 9.53 Å². The summed E-state index contributed by atoms with van der Waals surface area (Å²) in [7, 11) is 0. The zero-order valence-electron chi connectivity index (χ0n) is 14.1. The second kappa shape index (κ2) is 7.97. The molecule has 1 heterocycles. The van der Waals surface area contributed by atoms with Crippen LogP contribution in [0.2, 0.25) is 0 Å². The van der Waals surface area contributed by atoms with E-state index in [0.29, 0.717) is 6.54 Å². The number of hydrogen-bond donors (Lipinski definition) is 2. The second-order valence-corrected chi connectivity index (χ2v) is 5.90. The fraction of sp³-hybridized carbons (Fsp3) is 0.529. The Balaban J connectivity index is 1.83. The maximum atomic E-state index is 11.8. The second-order valence-electron chi connectivity index (χ2n) is 5.90. The van der Waals surface area contributed by atoms with Crippen LogP contribution in [0.25, 0.3) is 0 Å². The number of carbonyl (C=O) groups is 2. The lowest BCUT2D eigenvalue weighted by Crippen LogP contribution is -3.16. The Morgan fingerprint density at radius 1 is 1.26 bits per heavy atom. The monoisotopic (exact) mass is 320 g/mol. The predicted octanol–water partition coefficient (Wildman–Crippen LogP) is 0.281. The van der Waals surface area contributed by atoms with Gasteiger partial charge in [-0.15, -0.1) is 0 Å². The van der Waals surface area contributed by atoms with Crippen molar-refractivity contribution in [3.8, 4) is 0 Å². The van der Waals surface area contributed by atoms with Crippen molar-refractivity contribution in [1.29, 1.82) is 0 Å². The Kier molecular flexibility index (Phi) is 5.98. The van der Waals surface area contributed by atoms with E-state index in [-0.39, 0.29) is 12.5 Å². The Bertz CT molecular complexity index is 566. The Morgan fingerprint density at radius 2 is 1.96 bits per heavy atom. The van der Waals surface area contributed by atoms with Crippen LogP contribution in [0.3, 0.4) is 0 Å². The fourth-order valence-corrected chi connectivity index (χ4v) is 2.87. The molecular weight excluding hydrogens is 294 g/mol. The molecule has 126 valence electrons. The van der Waals surface area contributed by atoms with Crippen molar-refractivity contribution in [2.45, 2.75) is 20.8 Å². The minimum Gasteiger partial charge on any atom is -0.450 e. The zero-order chi connectivity index (χ0) is 16.8. The van der Waals surface area contributed by atoms with E-state index in [1.807, 2.05) is 0 Å². The molecule has 1 aliphatic heterocycles. The molecule has 0 aliphatic carbocycles. The summed E-state index contributed by atoms with van der Waals surface area (Å²) < 4.78 is 4.71. The summed E-state index contributed by atoms with van der Waals surface area (Å²) >= 11 is 0. The van der Waals surface area contributed by atoms with Gasteiger partial charge in [-0.25, -0.2) is 4.79 Å². The summed E-state index contributed by atoms with van der Waals surface area (Å²) in [6, 6.07) is 6.37. The number of piperazine rings is 1. The summed E-state index contributed by atoms with van der Waals surface area (Å²) in [6.45, 7) is 10.1. The van der Waals surface area contributed by atoms with Crippen LogP contribution in [0.15, 0.2) is 18.2 Å². The number of amides is 2. The number of benzene rings is 1. The average molecular weight is 320 g/mol. The lowest BCUT2D eigenvalue weighted by Gasteiger charge is -2.34. The summed E-state index contributed by atoms with van der Waals surface area (Å²) in [5, 5.41) is 2.25. The predicted molar refractivity (Wildman–Crippen MR) is 88.9 cm³/mol. The summed E-state index contributed by atoms with van der Waals surface area (Å²) in [4.78, 5) is 26.6. The highest BCUT2D eigenvalue weighted by molar-refractivity contribution is 5.92. The number of anilines is 1. The van der Waals surface area contributed by atoms with E-state index >= 15 is 0 Å². The zero-order valence-corrected chi connectivity index (χ0v) is 14.1. The van der Waals surface area contributed by atoms with Gasteiger partial charge in [-0.2, -0.15) is 0 Å². The molecule has 1 aromatic rings. The van der Waals surface area contributed by atoms with Crippen molar-refractivity contribution >= 4 is 17.7 Å². The standard InChI is InChI=1S/C17H25N3O3/c1-4-23-17(22)18-16(21)12-19-8-10-20(11-9-19)15-7-5-6-13(2)14(15)3/h5-7H,4,8-12H2,1-3H3,(H,18,21,22)/p+1. The molecule has 1 saturated heterocycles. The number of aryl methyl sites for hydroxylation is 1. The molecule has 0 saturated carbocycles. The van der Waals surface area contributed by atoms with E-state index in [9.17, 15) is 9.59 Å². The minimum atomic E-state index is -0.661. The third kappa shape index (κ3) is 4.69. The van der Waals surface area contributed by atoms with Crippen LogP contribution < -0.4 is 15.1 Å². The number of nitrogens with zero attached hydrogens (tertiary/aromatic N) is 1. The minimum absolute atomic E-state index is 0.264. The number of alkyl carbamates (subject to hydrolysis) is 1. The van der Waals surface area contributed by atoms with Gasteiger partial charge in [0.05, 0.1) is 32.8 Å². The first-order valence-electron chi connectivity index (χ1n) is 8.12. The van der Waals surface area contributed by atoms with Gasteiger partial charge in [0.1, 0.15) is 0 Å². The number of imide groups is 1. The molecule has 0 aromatic heterocycles. The van der Waals surface area contributed by atoms with Gasteiger partial charge in [0.25, 0.3) is 5.91 Å². The summed E-state index contributed by atoms with van der Waals surface area (Å²) in [6.07, 6.45) is -0.661. The molecule has 2 rings (SSSR count). The van der Waals surface area contributed by atoms with E-state index in [1.54, 1.807) is 6.92 Å². The molecule has 1 fully saturated rings. The SMILES string of the molecule is CCOC(=O)NC(=O)C[NH+]1CCN(c2cccc(C)c2C)CC1. The molecule has 6 nitrogen and oxygen atoms in total. The van der Waals surface area contributed by atoms with Crippen molar-refractivity contribution in [2.24, 2.45) is 0 Å². The molecular formula is C17H26N3O3+. The van der Waals surface area contributed by atoms with E-state index in [1.165, 1.54) is 21.7 Å². The van der Waals surface area contributed by atoms with E-state index < -0.39 is 6.09 Å². The molecule has 6 heteroatoms. The van der Waals surface area contributed by atoms with Crippen molar-refractivity contribution in [1.82, 2.24) is 5.32 Å². The summed E-state index contributed by atoms with van der Waals surface area (Å²) in [5.74, 6) is -0.279. The van der Waals surface area contributed by atoms with Crippen molar-refractivity contribution in [3.63, 3.8) is 0 Å². The third-order valence-electron chi connectivity index (χ3n) is 4.31. The molecule has 0 spiro atoms. The molecule has 0 radical (unpaired) electrons. The van der Waals surface area contributed by atoms with Gasteiger partial charge in [-0.1, -0.05) is 12.1 Å². The van der Waals surface area contributed by atoms with Gasteiger partial charge in [0, 0.05) is 5.69 Å². The van der Waals surface area contributed by atoms with Gasteiger partial charge in [0.15, 0.2) is 6.54 Å². The van der Waals surface area contributed by atoms with Crippen LogP contribution in [0.4, 0.5) is 10.5 Å². The maximum absolute atomic E-state index is 11.8. The highest BCUT2D eigenvalue weighted by Crippen LogP contribution is 2.22. The van der Waals surface area contributed by atoms with Crippen LogP contribution in [0, 0.1) is 13.8 Å². The Labute approximate surface area is 137 Å². The fourth-order valence-electron chi connectivity index (χ4n) is 2.87. The van der Waals surface area contributed by atoms with Crippen molar-refractivity contribution < 1.29 is 19.2 Å². The molecule has 1 aromatic carbocycles. The number of ether oxygens (including phenoxy) is 1. The smallest absolute Gasteiger partial charge is 0.414 e. The number of carbonyl (C=O) groups excluding carboxylic acids is 2. The van der Waals surface area contributed by atoms with E-state index in [0.717, 1.165) is 26.2 Å². The highest BCUT2D eigenvalue weighted by atomic mass is 16.5. The normalized spacial score (nSPS) is 15.3. The number of quaternary nitrogens is 1. The Hall–Kier alpha value is -2.08. The van der Waals surface area contributed by atoms with E-state index in [4.69, 9.17) is 4.74 Å².